The van der Waals surface area contributed by atoms with Crippen LogP contribution in [0.25, 0.3) is 0 Å². The molecule has 0 aliphatic rings. The third-order valence-corrected chi connectivity index (χ3v) is 4.24. The molecule has 0 aliphatic carbocycles. The van der Waals surface area contributed by atoms with Crippen molar-refractivity contribution >= 4 is 51.9 Å². The molecule has 0 radical (unpaired) electrons. The second-order valence-electron chi connectivity index (χ2n) is 5.36. The van der Waals surface area contributed by atoms with E-state index >= 15 is 0 Å². The Kier molecular flexibility index (Phi) is 9.74. The summed E-state index contributed by atoms with van der Waals surface area (Å²) in [4.78, 5) is 18.8. The summed E-state index contributed by atoms with van der Waals surface area (Å²) < 4.78 is 12.6. The van der Waals surface area contributed by atoms with Crippen LogP contribution < -0.4 is 5.73 Å². The summed E-state index contributed by atoms with van der Waals surface area (Å²) in [6, 6.07) is 12.3. The molecule has 0 aliphatic heterocycles. The maximum atomic E-state index is 12.6. The van der Waals surface area contributed by atoms with Gasteiger partial charge in [0.2, 0.25) is 5.82 Å². The van der Waals surface area contributed by atoms with E-state index in [0.29, 0.717) is 5.02 Å². The molecule has 0 spiro atoms. The number of nitrogens with zero attached hydrogens (tertiary/aromatic N) is 2. The van der Waals surface area contributed by atoms with Crippen molar-refractivity contribution in [2.45, 2.75) is 0 Å². The number of para-hydroxylation sites is 3. The SMILES string of the molecule is Nc1c(O)cccc1Cl.O=[N+]([O-])c1c(F)cccc1Cl.O=[N+]([O-])c1c(O)cccc1Cl. The van der Waals surface area contributed by atoms with Gasteiger partial charge in [0.15, 0.2) is 5.75 Å². The van der Waals surface area contributed by atoms with Crippen molar-refractivity contribution in [1.82, 2.24) is 0 Å². The lowest BCUT2D eigenvalue weighted by atomic mass is 10.3. The molecule has 9 nitrogen and oxygen atoms in total. The average Bonchev–Trinajstić information content (AvgIpc) is 2.66. The number of nitro groups is 2. The molecule has 0 fully saturated rings. The molecule has 3 aromatic rings. The van der Waals surface area contributed by atoms with Crippen LogP contribution in [0.15, 0.2) is 54.6 Å². The largest absolute Gasteiger partial charge is 0.506 e. The van der Waals surface area contributed by atoms with E-state index in [1.807, 2.05) is 0 Å². The number of nitrogen functional groups attached to an aromatic ring is 1. The molecule has 164 valence electrons. The fourth-order valence-corrected chi connectivity index (χ4v) is 2.51. The number of nitrogens with two attached hydrogens (primary N) is 1. The van der Waals surface area contributed by atoms with Crippen LogP contribution in [0.3, 0.4) is 0 Å². The lowest BCUT2D eigenvalue weighted by Gasteiger charge is -1.97. The number of phenolic OH excluding ortho intramolecular Hbond substituents is 2. The van der Waals surface area contributed by atoms with Crippen molar-refractivity contribution in [1.29, 1.82) is 0 Å². The first kappa shape index (κ1) is 25.7. The van der Waals surface area contributed by atoms with Gasteiger partial charge in [0.1, 0.15) is 15.8 Å². The minimum atomic E-state index is -0.914. The van der Waals surface area contributed by atoms with Crippen LogP contribution in [0, 0.1) is 26.0 Å². The second kappa shape index (κ2) is 11.7. The van der Waals surface area contributed by atoms with Gasteiger partial charge in [-0.05, 0) is 36.4 Å². The van der Waals surface area contributed by atoms with Gasteiger partial charge in [0, 0.05) is 0 Å². The summed E-state index contributed by atoms with van der Waals surface area (Å²) in [6.45, 7) is 0. The molecule has 0 aromatic heterocycles. The molecule has 31 heavy (non-hydrogen) atoms. The fourth-order valence-electron chi connectivity index (χ4n) is 1.87. The van der Waals surface area contributed by atoms with Gasteiger partial charge in [-0.2, -0.15) is 4.39 Å². The van der Waals surface area contributed by atoms with Crippen molar-refractivity contribution in [2.75, 3.05) is 5.73 Å². The molecule has 0 atom stereocenters. The summed E-state index contributed by atoms with van der Waals surface area (Å²) in [5, 5.41) is 38.3. The van der Waals surface area contributed by atoms with Crippen molar-refractivity contribution in [2.24, 2.45) is 0 Å². The third kappa shape index (κ3) is 7.45. The van der Waals surface area contributed by atoms with Gasteiger partial charge in [-0.25, -0.2) is 0 Å². The maximum absolute atomic E-state index is 12.6. The molecule has 0 heterocycles. The number of benzene rings is 3. The van der Waals surface area contributed by atoms with Crippen molar-refractivity contribution in [3.05, 3.63) is 95.7 Å². The highest BCUT2D eigenvalue weighted by molar-refractivity contribution is 6.33. The van der Waals surface area contributed by atoms with E-state index in [0.717, 1.165) is 6.07 Å². The highest BCUT2D eigenvalue weighted by Gasteiger charge is 2.17. The Hall–Kier alpha value is -3.34. The normalized spacial score (nSPS) is 9.55. The van der Waals surface area contributed by atoms with E-state index in [-0.39, 0.29) is 21.5 Å². The fraction of sp³-hybridized carbons (Fsp3) is 0. The van der Waals surface area contributed by atoms with E-state index in [1.165, 1.54) is 36.4 Å². The van der Waals surface area contributed by atoms with Crippen LogP contribution >= 0.6 is 34.8 Å². The van der Waals surface area contributed by atoms with Crippen molar-refractivity contribution < 1.29 is 24.5 Å². The number of hydrogen-bond acceptors (Lipinski definition) is 7. The number of halogens is 4. The maximum Gasteiger partial charge on any atom is 0.329 e. The van der Waals surface area contributed by atoms with E-state index in [9.17, 15) is 24.6 Å². The highest BCUT2D eigenvalue weighted by Crippen LogP contribution is 2.32. The summed E-state index contributed by atoms with van der Waals surface area (Å²) in [5.74, 6) is -1.30. The standard InChI is InChI=1S/C6H3ClFNO2.C6H4ClNO3.C6H6ClNO/c7-4-2-1-3-5(8)6(4)9(10)11;7-4-2-1-3-5(9)6(4)8(10)11;7-4-2-1-3-5(9)6(4)8/h1-3H;1-3,9H;1-3,9H,8H2. The summed E-state index contributed by atoms with van der Waals surface area (Å²) in [7, 11) is 0. The number of phenols is 2. The van der Waals surface area contributed by atoms with Crippen LogP contribution in [0.2, 0.25) is 15.1 Å². The first-order chi connectivity index (χ1) is 14.5. The molecule has 0 saturated carbocycles. The first-order valence-electron chi connectivity index (χ1n) is 7.90. The molecule has 3 aromatic carbocycles. The molecule has 0 saturated heterocycles. The number of aromatic hydroxyl groups is 2. The molecule has 0 unspecified atom stereocenters. The molecule has 0 bridgehead atoms. The quantitative estimate of drug-likeness (QED) is 0.172. The average molecular weight is 493 g/mol. The Morgan fingerprint density at radius 2 is 1.16 bits per heavy atom. The van der Waals surface area contributed by atoms with Crippen LogP contribution in [0.5, 0.6) is 11.5 Å². The second-order valence-corrected chi connectivity index (χ2v) is 6.59. The van der Waals surface area contributed by atoms with Gasteiger partial charge in [0.05, 0.1) is 20.6 Å². The van der Waals surface area contributed by atoms with Gasteiger partial charge in [-0.15, -0.1) is 0 Å². The zero-order chi connectivity index (χ0) is 23.7. The monoisotopic (exact) mass is 491 g/mol. The number of nitro benzene ring substituents is 2. The van der Waals surface area contributed by atoms with E-state index in [4.69, 9.17) is 50.7 Å². The van der Waals surface area contributed by atoms with Crippen LogP contribution in [0.1, 0.15) is 0 Å². The van der Waals surface area contributed by atoms with Crippen molar-refractivity contribution in [3.63, 3.8) is 0 Å². The van der Waals surface area contributed by atoms with Gasteiger partial charge in [0.25, 0.3) is 0 Å². The first-order valence-corrected chi connectivity index (χ1v) is 9.04. The molecule has 0 amide bonds. The smallest absolute Gasteiger partial charge is 0.329 e. The van der Waals surface area contributed by atoms with Gasteiger partial charge < -0.3 is 15.9 Å². The predicted molar refractivity (Wildman–Crippen MR) is 115 cm³/mol. The molecule has 4 N–H and O–H groups in total. The summed E-state index contributed by atoms with van der Waals surface area (Å²) in [5.41, 5.74) is 4.41. The number of rotatable bonds is 2. The van der Waals surface area contributed by atoms with Crippen LogP contribution in [-0.4, -0.2) is 20.1 Å². The Labute approximate surface area is 189 Å². The number of hydrogen-bond donors (Lipinski definition) is 3. The molecular formula is C18H13Cl3FN3O6. The van der Waals surface area contributed by atoms with Gasteiger partial charge in [-0.3, -0.25) is 20.2 Å². The van der Waals surface area contributed by atoms with Crippen molar-refractivity contribution in [3.8, 4) is 11.5 Å². The zero-order valence-corrected chi connectivity index (χ0v) is 17.5. The minimum Gasteiger partial charge on any atom is -0.506 e. The zero-order valence-electron chi connectivity index (χ0n) is 15.2. The Balaban J connectivity index is 0.000000234. The van der Waals surface area contributed by atoms with E-state index < -0.39 is 32.8 Å². The molecule has 13 heteroatoms. The van der Waals surface area contributed by atoms with Gasteiger partial charge >= 0.3 is 11.4 Å². The highest BCUT2D eigenvalue weighted by atomic mass is 35.5. The van der Waals surface area contributed by atoms with Crippen LogP contribution in [0.4, 0.5) is 21.5 Å². The van der Waals surface area contributed by atoms with E-state index in [2.05, 4.69) is 0 Å². The Morgan fingerprint density at radius 3 is 1.48 bits per heavy atom. The lowest BCUT2D eigenvalue weighted by molar-refractivity contribution is -0.387. The lowest BCUT2D eigenvalue weighted by Crippen LogP contribution is -1.92. The molecular weight excluding hydrogens is 480 g/mol. The number of anilines is 1. The Morgan fingerprint density at radius 1 is 0.742 bits per heavy atom. The van der Waals surface area contributed by atoms with Gasteiger partial charge in [-0.1, -0.05) is 53.0 Å². The Bertz CT molecular complexity index is 979. The summed E-state index contributed by atoms with van der Waals surface area (Å²) in [6.07, 6.45) is 0. The van der Waals surface area contributed by atoms with Crippen LogP contribution in [-0.2, 0) is 0 Å². The third-order valence-electron chi connectivity index (χ3n) is 3.30. The minimum absolute atomic E-state index is 0.0301. The topological polar surface area (TPSA) is 153 Å². The predicted octanol–water partition coefficient (Wildman–Crippen LogP) is 5.97. The molecule has 3 rings (SSSR count). The van der Waals surface area contributed by atoms with E-state index in [1.54, 1.807) is 12.1 Å². The summed E-state index contributed by atoms with van der Waals surface area (Å²) >= 11 is 16.3.